The largest absolute Gasteiger partial charge is 0.573 e. The number of hydrogen-bond acceptors (Lipinski definition) is 5. The Bertz CT molecular complexity index is 1150. The van der Waals surface area contributed by atoms with Gasteiger partial charge in [0, 0.05) is 24.2 Å². The highest BCUT2D eigenvalue weighted by atomic mass is 19.4. The van der Waals surface area contributed by atoms with Crippen LogP contribution in [0.2, 0.25) is 0 Å². The van der Waals surface area contributed by atoms with E-state index in [2.05, 4.69) is 15.4 Å². The smallest absolute Gasteiger partial charge is 0.490 e. The summed E-state index contributed by atoms with van der Waals surface area (Å²) in [6, 6.07) is 7.31. The summed E-state index contributed by atoms with van der Waals surface area (Å²) in [5.74, 6) is -4.05. The molecule has 0 unspecified atom stereocenters. The van der Waals surface area contributed by atoms with Crippen molar-refractivity contribution in [1.82, 2.24) is 10.6 Å². The number of hydrogen-bond donors (Lipinski definition) is 3. The summed E-state index contributed by atoms with van der Waals surface area (Å²) >= 11 is 0. The first kappa shape index (κ1) is 27.8. The van der Waals surface area contributed by atoms with Gasteiger partial charge in [-0.25, -0.2) is 4.39 Å². The fourth-order valence-electron chi connectivity index (χ4n) is 3.98. The number of benzene rings is 2. The van der Waals surface area contributed by atoms with Crippen LogP contribution >= 0.6 is 0 Å². The van der Waals surface area contributed by atoms with Gasteiger partial charge in [0.25, 0.3) is 11.8 Å². The van der Waals surface area contributed by atoms with Gasteiger partial charge in [0.1, 0.15) is 5.75 Å². The van der Waals surface area contributed by atoms with Gasteiger partial charge in [-0.2, -0.15) is 0 Å². The SMILES string of the molecule is Cc1cc(OC2CCC(C(=O)O)CC2)ccc1C(=O)NCCNC(=O)c1ccc(OC(F)(F)F)c(F)c1. The summed E-state index contributed by atoms with van der Waals surface area (Å²) in [5.41, 5.74) is 0.853. The van der Waals surface area contributed by atoms with E-state index in [9.17, 15) is 31.9 Å². The number of carbonyl (C=O) groups is 3. The maximum absolute atomic E-state index is 13.8. The molecule has 1 fully saturated rings. The van der Waals surface area contributed by atoms with E-state index in [1.807, 2.05) is 0 Å². The van der Waals surface area contributed by atoms with Crippen molar-refractivity contribution in [2.45, 2.75) is 45.1 Å². The Morgan fingerprint density at radius 2 is 1.62 bits per heavy atom. The van der Waals surface area contributed by atoms with E-state index in [4.69, 9.17) is 9.84 Å². The van der Waals surface area contributed by atoms with Crippen LogP contribution in [0.15, 0.2) is 36.4 Å². The van der Waals surface area contributed by atoms with Crippen LogP contribution in [0, 0.1) is 18.7 Å². The Morgan fingerprint density at radius 3 is 2.19 bits per heavy atom. The van der Waals surface area contributed by atoms with Crippen molar-refractivity contribution in [1.29, 1.82) is 0 Å². The second-order valence-corrected chi connectivity index (χ2v) is 8.61. The zero-order valence-corrected chi connectivity index (χ0v) is 19.9. The van der Waals surface area contributed by atoms with E-state index in [0.717, 1.165) is 6.07 Å². The summed E-state index contributed by atoms with van der Waals surface area (Å²) in [6.45, 7) is 1.78. The lowest BCUT2D eigenvalue weighted by atomic mass is 9.87. The maximum atomic E-state index is 13.8. The van der Waals surface area contributed by atoms with E-state index < -0.39 is 29.8 Å². The van der Waals surface area contributed by atoms with E-state index in [-0.39, 0.29) is 36.6 Å². The minimum Gasteiger partial charge on any atom is -0.490 e. The van der Waals surface area contributed by atoms with E-state index in [1.165, 1.54) is 0 Å². The molecule has 0 aliphatic heterocycles. The molecule has 200 valence electrons. The van der Waals surface area contributed by atoms with Crippen LogP contribution in [-0.4, -0.2) is 48.4 Å². The topological polar surface area (TPSA) is 114 Å². The van der Waals surface area contributed by atoms with Gasteiger partial charge < -0.3 is 25.2 Å². The molecule has 1 saturated carbocycles. The molecule has 1 aliphatic carbocycles. The van der Waals surface area contributed by atoms with Crippen LogP contribution in [-0.2, 0) is 4.79 Å². The molecule has 0 radical (unpaired) electrons. The lowest BCUT2D eigenvalue weighted by Crippen LogP contribution is -2.35. The number of halogens is 4. The fourth-order valence-corrected chi connectivity index (χ4v) is 3.98. The summed E-state index contributed by atoms with van der Waals surface area (Å²) in [6.07, 6.45) is -2.74. The van der Waals surface area contributed by atoms with Gasteiger partial charge in [0.2, 0.25) is 0 Å². The lowest BCUT2D eigenvalue weighted by molar-refractivity contribution is -0.275. The molecule has 0 bridgehead atoms. The molecule has 2 aromatic rings. The zero-order valence-electron chi connectivity index (χ0n) is 19.9. The van der Waals surface area contributed by atoms with Crippen molar-refractivity contribution in [2.24, 2.45) is 5.92 Å². The van der Waals surface area contributed by atoms with Crippen LogP contribution < -0.4 is 20.1 Å². The Hall–Kier alpha value is -3.83. The average molecular weight is 526 g/mol. The summed E-state index contributed by atoms with van der Waals surface area (Å²) in [4.78, 5) is 35.7. The van der Waals surface area contributed by atoms with Gasteiger partial charge in [-0.15, -0.1) is 13.2 Å². The molecule has 3 rings (SSSR count). The van der Waals surface area contributed by atoms with Crippen molar-refractivity contribution in [3.05, 3.63) is 58.9 Å². The van der Waals surface area contributed by atoms with Gasteiger partial charge >= 0.3 is 12.3 Å². The van der Waals surface area contributed by atoms with Crippen LogP contribution in [0.1, 0.15) is 52.0 Å². The van der Waals surface area contributed by atoms with Crippen LogP contribution in [0.25, 0.3) is 0 Å². The van der Waals surface area contributed by atoms with Gasteiger partial charge in [-0.1, -0.05) is 0 Å². The van der Waals surface area contributed by atoms with E-state index in [1.54, 1.807) is 25.1 Å². The van der Waals surface area contributed by atoms with Gasteiger partial charge in [-0.05, 0) is 74.6 Å². The summed E-state index contributed by atoms with van der Waals surface area (Å²) in [5, 5.41) is 14.2. The molecule has 0 spiro atoms. The number of carboxylic acid groups (broad SMARTS) is 1. The first-order valence-corrected chi connectivity index (χ1v) is 11.5. The van der Waals surface area contributed by atoms with Crippen LogP contribution in [0.3, 0.4) is 0 Å². The number of alkyl halides is 3. The van der Waals surface area contributed by atoms with Crippen molar-refractivity contribution in [3.8, 4) is 11.5 Å². The van der Waals surface area contributed by atoms with E-state index >= 15 is 0 Å². The van der Waals surface area contributed by atoms with Crippen LogP contribution in [0.4, 0.5) is 17.6 Å². The average Bonchev–Trinajstić information content (AvgIpc) is 2.82. The number of carboxylic acids is 1. The number of aryl methyl sites for hydroxylation is 1. The first-order valence-electron chi connectivity index (χ1n) is 11.5. The monoisotopic (exact) mass is 526 g/mol. The zero-order chi connectivity index (χ0) is 27.2. The molecule has 0 aromatic heterocycles. The first-order chi connectivity index (χ1) is 17.4. The molecule has 1 aliphatic rings. The second-order valence-electron chi connectivity index (χ2n) is 8.61. The van der Waals surface area contributed by atoms with Crippen molar-refractivity contribution in [3.63, 3.8) is 0 Å². The van der Waals surface area contributed by atoms with Crippen molar-refractivity contribution in [2.75, 3.05) is 13.1 Å². The molecule has 8 nitrogen and oxygen atoms in total. The minimum atomic E-state index is -5.06. The number of rotatable bonds is 9. The molecular weight excluding hydrogens is 500 g/mol. The highest BCUT2D eigenvalue weighted by Crippen LogP contribution is 2.29. The van der Waals surface area contributed by atoms with Crippen molar-refractivity contribution >= 4 is 17.8 Å². The van der Waals surface area contributed by atoms with Gasteiger partial charge in [0.05, 0.1) is 12.0 Å². The van der Waals surface area contributed by atoms with Gasteiger partial charge in [-0.3, -0.25) is 14.4 Å². The number of ether oxygens (including phenoxy) is 2. The summed E-state index contributed by atoms with van der Waals surface area (Å²) in [7, 11) is 0. The third-order valence-electron chi connectivity index (χ3n) is 5.88. The quantitative estimate of drug-likeness (QED) is 0.333. The standard InChI is InChI=1S/C25H26F4N2O6/c1-14-12-18(36-17-5-2-15(3-6-17)24(34)35)7-8-19(14)23(33)31-11-10-30-22(32)16-4-9-21(20(26)13-16)37-25(27,28)29/h4,7-9,12-13,15,17H,2-3,5-6,10-11H2,1H3,(H,30,32)(H,31,33)(H,34,35). The Kier molecular flexibility index (Phi) is 8.95. The molecular formula is C25H26F4N2O6. The minimum absolute atomic E-state index is 0.00768. The number of aliphatic carboxylic acids is 1. The van der Waals surface area contributed by atoms with Crippen LogP contribution in [0.5, 0.6) is 11.5 Å². The molecule has 2 aromatic carbocycles. The molecule has 0 heterocycles. The lowest BCUT2D eigenvalue weighted by Gasteiger charge is -2.27. The second kappa shape index (κ2) is 11.9. The Labute approximate surface area is 209 Å². The van der Waals surface area contributed by atoms with Gasteiger partial charge in [0.15, 0.2) is 11.6 Å². The molecule has 3 N–H and O–H groups in total. The third-order valence-corrected chi connectivity index (χ3v) is 5.88. The number of carbonyl (C=O) groups excluding carboxylic acids is 2. The third kappa shape index (κ3) is 8.09. The Morgan fingerprint density at radius 1 is 0.973 bits per heavy atom. The Balaban J connectivity index is 1.44. The normalized spacial score (nSPS) is 17.5. The van der Waals surface area contributed by atoms with E-state index in [0.29, 0.717) is 54.7 Å². The predicted octanol–water partition coefficient (Wildman–Crippen LogP) is 4.21. The molecule has 37 heavy (non-hydrogen) atoms. The maximum Gasteiger partial charge on any atom is 0.573 e. The number of nitrogens with one attached hydrogen (secondary N) is 2. The molecule has 12 heteroatoms. The number of amides is 2. The predicted molar refractivity (Wildman–Crippen MR) is 123 cm³/mol. The fraction of sp³-hybridized carbons (Fsp3) is 0.400. The molecule has 0 atom stereocenters. The molecule has 2 amide bonds. The highest BCUT2D eigenvalue weighted by Gasteiger charge is 2.32. The molecule has 0 saturated heterocycles. The summed E-state index contributed by atoms with van der Waals surface area (Å²) < 4.78 is 59.9. The van der Waals surface area contributed by atoms with Crippen molar-refractivity contribution < 1.29 is 46.5 Å². The highest BCUT2D eigenvalue weighted by molar-refractivity contribution is 5.96.